The summed E-state index contributed by atoms with van der Waals surface area (Å²) >= 11 is 0. The second kappa shape index (κ2) is 8.87. The largest absolute Gasteiger partial charge is 0.352 e. The fourth-order valence-electron chi connectivity index (χ4n) is 4.54. The van der Waals surface area contributed by atoms with Crippen LogP contribution in [0.15, 0.2) is 42.5 Å². The Morgan fingerprint density at radius 2 is 1.71 bits per heavy atom. The number of nitrogens with one attached hydrogen (secondary N) is 2. The standard InChI is InChI=1S/C24H31FN2O/c1-17-12-18(2)14-19(13-17)16-27-23(28)15-24(3,21-8-10-26-11-9-21)20-4-6-22(25)7-5-20/h4-7,12-14,21,26H,8-11,15-16H2,1-3H3,(H,27,28). The Labute approximate surface area is 167 Å². The smallest absolute Gasteiger partial charge is 0.221 e. The molecule has 1 fully saturated rings. The van der Waals surface area contributed by atoms with Crippen LogP contribution in [0.2, 0.25) is 0 Å². The zero-order chi connectivity index (χ0) is 20.1. The fraction of sp³-hybridized carbons (Fsp3) is 0.458. The molecule has 0 radical (unpaired) electrons. The van der Waals surface area contributed by atoms with Crippen LogP contribution in [-0.2, 0) is 16.8 Å². The molecule has 3 nitrogen and oxygen atoms in total. The molecule has 1 aliphatic heterocycles. The van der Waals surface area contributed by atoms with Gasteiger partial charge < -0.3 is 10.6 Å². The molecule has 0 bridgehead atoms. The summed E-state index contributed by atoms with van der Waals surface area (Å²) < 4.78 is 13.5. The lowest BCUT2D eigenvalue weighted by atomic mass is 9.66. The third-order valence-electron chi connectivity index (χ3n) is 6.04. The summed E-state index contributed by atoms with van der Waals surface area (Å²) in [5, 5.41) is 6.50. The van der Waals surface area contributed by atoms with E-state index < -0.39 is 0 Å². The van der Waals surface area contributed by atoms with Crippen LogP contribution in [-0.4, -0.2) is 19.0 Å². The average Bonchev–Trinajstić information content (AvgIpc) is 2.67. The molecule has 1 heterocycles. The normalized spacial score (nSPS) is 17.1. The summed E-state index contributed by atoms with van der Waals surface area (Å²) in [7, 11) is 0. The van der Waals surface area contributed by atoms with Crippen LogP contribution in [0.4, 0.5) is 4.39 Å². The summed E-state index contributed by atoms with van der Waals surface area (Å²) in [4.78, 5) is 12.9. The predicted octanol–water partition coefficient (Wildman–Crippen LogP) is 4.41. The van der Waals surface area contributed by atoms with E-state index in [1.165, 1.54) is 23.3 Å². The number of rotatable bonds is 6. The van der Waals surface area contributed by atoms with Crippen molar-refractivity contribution in [2.75, 3.05) is 13.1 Å². The molecular formula is C24H31FN2O. The van der Waals surface area contributed by atoms with Crippen molar-refractivity contribution in [3.05, 3.63) is 70.5 Å². The summed E-state index contributed by atoms with van der Waals surface area (Å²) in [5.74, 6) is 0.200. The van der Waals surface area contributed by atoms with Gasteiger partial charge in [-0.3, -0.25) is 4.79 Å². The van der Waals surface area contributed by atoms with Crippen LogP contribution >= 0.6 is 0 Å². The summed E-state index contributed by atoms with van der Waals surface area (Å²) in [6.07, 6.45) is 2.46. The summed E-state index contributed by atoms with van der Waals surface area (Å²) in [6.45, 7) is 8.76. The molecule has 150 valence electrons. The quantitative estimate of drug-likeness (QED) is 0.777. The summed E-state index contributed by atoms with van der Waals surface area (Å²) in [5.41, 5.74) is 4.27. The molecule has 1 amide bonds. The molecule has 2 N–H and O–H groups in total. The first-order valence-electron chi connectivity index (χ1n) is 10.2. The number of carbonyl (C=O) groups is 1. The Kier molecular flexibility index (Phi) is 6.50. The predicted molar refractivity (Wildman–Crippen MR) is 112 cm³/mol. The van der Waals surface area contributed by atoms with Crippen molar-refractivity contribution >= 4 is 5.91 Å². The Balaban J connectivity index is 1.74. The Morgan fingerprint density at radius 1 is 1.11 bits per heavy atom. The Hall–Kier alpha value is -2.20. The minimum absolute atomic E-state index is 0.0458. The highest BCUT2D eigenvalue weighted by Crippen LogP contribution is 2.40. The van der Waals surface area contributed by atoms with Gasteiger partial charge in [-0.05, 0) is 69.0 Å². The van der Waals surface area contributed by atoms with Gasteiger partial charge in [-0.1, -0.05) is 48.4 Å². The number of piperidine rings is 1. The van der Waals surface area contributed by atoms with Crippen LogP contribution in [0.3, 0.4) is 0 Å². The van der Waals surface area contributed by atoms with Gasteiger partial charge in [-0.15, -0.1) is 0 Å². The molecular weight excluding hydrogens is 351 g/mol. The third kappa shape index (κ3) is 4.99. The maximum atomic E-state index is 13.5. The molecule has 4 heteroatoms. The third-order valence-corrected chi connectivity index (χ3v) is 6.04. The van der Waals surface area contributed by atoms with Gasteiger partial charge in [0.05, 0.1) is 0 Å². The van der Waals surface area contributed by atoms with Gasteiger partial charge >= 0.3 is 0 Å². The van der Waals surface area contributed by atoms with Crippen molar-refractivity contribution in [1.82, 2.24) is 10.6 Å². The Bertz CT molecular complexity index is 792. The molecule has 1 atom stereocenters. The first-order valence-corrected chi connectivity index (χ1v) is 10.2. The molecule has 1 unspecified atom stereocenters. The van der Waals surface area contributed by atoms with E-state index in [2.05, 4.69) is 49.6 Å². The highest BCUT2D eigenvalue weighted by atomic mass is 19.1. The lowest BCUT2D eigenvalue weighted by molar-refractivity contribution is -0.123. The van der Waals surface area contributed by atoms with Gasteiger partial charge in [0.25, 0.3) is 0 Å². The van der Waals surface area contributed by atoms with Gasteiger partial charge in [0.1, 0.15) is 5.82 Å². The second-order valence-electron chi connectivity index (χ2n) is 8.40. The molecule has 28 heavy (non-hydrogen) atoms. The highest BCUT2D eigenvalue weighted by molar-refractivity contribution is 5.77. The van der Waals surface area contributed by atoms with Crippen molar-refractivity contribution in [2.45, 2.75) is 52.0 Å². The molecule has 3 rings (SSSR count). The van der Waals surface area contributed by atoms with Crippen molar-refractivity contribution in [2.24, 2.45) is 5.92 Å². The molecule has 1 aliphatic rings. The van der Waals surface area contributed by atoms with Crippen LogP contribution in [0.1, 0.15) is 48.4 Å². The van der Waals surface area contributed by atoms with Gasteiger partial charge in [0.15, 0.2) is 0 Å². The zero-order valence-corrected chi connectivity index (χ0v) is 17.1. The maximum absolute atomic E-state index is 13.5. The topological polar surface area (TPSA) is 41.1 Å². The first kappa shape index (κ1) is 20.5. The lowest BCUT2D eigenvalue weighted by Crippen LogP contribution is -2.43. The number of hydrogen-bond acceptors (Lipinski definition) is 2. The minimum Gasteiger partial charge on any atom is -0.352 e. The number of halogens is 1. The van der Waals surface area contributed by atoms with E-state index >= 15 is 0 Å². The minimum atomic E-state index is -0.303. The number of benzene rings is 2. The molecule has 1 saturated heterocycles. The Morgan fingerprint density at radius 3 is 2.32 bits per heavy atom. The van der Waals surface area contributed by atoms with Gasteiger partial charge in [0.2, 0.25) is 5.91 Å². The molecule has 2 aromatic carbocycles. The van der Waals surface area contributed by atoms with Crippen molar-refractivity contribution < 1.29 is 9.18 Å². The van der Waals surface area contributed by atoms with E-state index in [4.69, 9.17) is 0 Å². The van der Waals surface area contributed by atoms with E-state index in [1.54, 1.807) is 0 Å². The first-order chi connectivity index (χ1) is 13.4. The van der Waals surface area contributed by atoms with Crippen molar-refractivity contribution in [1.29, 1.82) is 0 Å². The molecule has 0 aromatic heterocycles. The molecule has 0 saturated carbocycles. The monoisotopic (exact) mass is 382 g/mol. The summed E-state index contributed by atoms with van der Waals surface area (Å²) in [6, 6.07) is 13.0. The number of amides is 1. The zero-order valence-electron chi connectivity index (χ0n) is 17.1. The van der Waals surface area contributed by atoms with Crippen molar-refractivity contribution in [3.63, 3.8) is 0 Å². The lowest BCUT2D eigenvalue weighted by Gasteiger charge is -2.40. The SMILES string of the molecule is Cc1cc(C)cc(CNC(=O)CC(C)(c2ccc(F)cc2)C2CCNCC2)c1. The van der Waals surface area contributed by atoms with E-state index in [9.17, 15) is 9.18 Å². The molecule has 2 aromatic rings. The number of carbonyl (C=O) groups excluding carboxylic acids is 1. The molecule has 0 spiro atoms. The number of hydrogen-bond donors (Lipinski definition) is 2. The van der Waals surface area contributed by atoms with Crippen LogP contribution in [0.5, 0.6) is 0 Å². The van der Waals surface area contributed by atoms with E-state index in [0.717, 1.165) is 37.1 Å². The van der Waals surface area contributed by atoms with Crippen molar-refractivity contribution in [3.8, 4) is 0 Å². The second-order valence-corrected chi connectivity index (χ2v) is 8.40. The van der Waals surface area contributed by atoms with E-state index in [0.29, 0.717) is 18.9 Å². The van der Waals surface area contributed by atoms with Gasteiger partial charge in [-0.2, -0.15) is 0 Å². The number of aryl methyl sites for hydroxylation is 2. The van der Waals surface area contributed by atoms with Crippen LogP contribution < -0.4 is 10.6 Å². The van der Waals surface area contributed by atoms with E-state index in [-0.39, 0.29) is 17.1 Å². The van der Waals surface area contributed by atoms with Crippen LogP contribution in [0.25, 0.3) is 0 Å². The van der Waals surface area contributed by atoms with E-state index in [1.807, 2.05) is 12.1 Å². The highest BCUT2D eigenvalue weighted by Gasteiger charge is 2.38. The van der Waals surface area contributed by atoms with Crippen LogP contribution in [0, 0.1) is 25.6 Å². The molecule has 0 aliphatic carbocycles. The average molecular weight is 383 g/mol. The maximum Gasteiger partial charge on any atom is 0.221 e. The van der Waals surface area contributed by atoms with Gasteiger partial charge in [0, 0.05) is 18.4 Å². The fourth-order valence-corrected chi connectivity index (χ4v) is 4.54. The van der Waals surface area contributed by atoms with Gasteiger partial charge in [-0.25, -0.2) is 4.39 Å².